The number of carbonyl (C=O) groups excluding carboxylic acids is 1. The van der Waals surface area contributed by atoms with Gasteiger partial charge in [0, 0.05) is 6.04 Å². The van der Waals surface area contributed by atoms with Crippen LogP contribution in [0, 0.1) is 0 Å². The minimum atomic E-state index is -0.901. The standard InChI is InChI=1S/C16H31NO4/c1-5-6-7-8-9-10-11-13(12-14(18)19)17-15(20)21-16(2,3)4/h13H,5-12H2,1-4H3,(H,17,20)(H,18,19). The Balaban J connectivity index is 4.08. The van der Waals surface area contributed by atoms with Crippen LogP contribution in [0.2, 0.25) is 0 Å². The van der Waals surface area contributed by atoms with Gasteiger partial charge >= 0.3 is 12.1 Å². The molecule has 2 N–H and O–H groups in total. The number of rotatable bonds is 10. The van der Waals surface area contributed by atoms with Crippen molar-refractivity contribution in [2.75, 3.05) is 0 Å². The summed E-state index contributed by atoms with van der Waals surface area (Å²) in [5.41, 5.74) is -0.571. The van der Waals surface area contributed by atoms with Crippen LogP contribution in [0.4, 0.5) is 4.79 Å². The minimum absolute atomic E-state index is 0.0613. The van der Waals surface area contributed by atoms with E-state index in [1.807, 2.05) is 0 Å². The van der Waals surface area contributed by atoms with E-state index in [0.717, 1.165) is 12.8 Å². The lowest BCUT2D eigenvalue weighted by Crippen LogP contribution is -2.40. The second-order valence-electron chi connectivity index (χ2n) is 6.50. The topological polar surface area (TPSA) is 75.6 Å². The summed E-state index contributed by atoms with van der Waals surface area (Å²) in [4.78, 5) is 22.6. The number of ether oxygens (including phenoxy) is 1. The van der Waals surface area contributed by atoms with E-state index in [0.29, 0.717) is 6.42 Å². The highest BCUT2D eigenvalue weighted by atomic mass is 16.6. The van der Waals surface area contributed by atoms with Crippen molar-refractivity contribution < 1.29 is 19.4 Å². The first-order chi connectivity index (χ1) is 9.74. The Morgan fingerprint density at radius 2 is 1.67 bits per heavy atom. The van der Waals surface area contributed by atoms with Crippen molar-refractivity contribution in [3.63, 3.8) is 0 Å². The maximum atomic E-state index is 11.7. The van der Waals surface area contributed by atoms with Crippen molar-refractivity contribution in [2.24, 2.45) is 0 Å². The number of amides is 1. The molecule has 0 aromatic carbocycles. The van der Waals surface area contributed by atoms with Crippen molar-refractivity contribution in [1.29, 1.82) is 0 Å². The molecule has 0 spiro atoms. The molecule has 0 saturated heterocycles. The largest absolute Gasteiger partial charge is 0.481 e. The molecule has 1 amide bonds. The van der Waals surface area contributed by atoms with E-state index in [2.05, 4.69) is 12.2 Å². The molecule has 0 aromatic heterocycles. The highest BCUT2D eigenvalue weighted by Crippen LogP contribution is 2.12. The third-order valence-corrected chi connectivity index (χ3v) is 3.05. The monoisotopic (exact) mass is 301 g/mol. The second kappa shape index (κ2) is 10.5. The number of nitrogens with one attached hydrogen (secondary N) is 1. The van der Waals surface area contributed by atoms with E-state index in [1.54, 1.807) is 20.8 Å². The van der Waals surface area contributed by atoms with Crippen molar-refractivity contribution in [3.8, 4) is 0 Å². The molecule has 124 valence electrons. The lowest BCUT2D eigenvalue weighted by molar-refractivity contribution is -0.137. The van der Waals surface area contributed by atoms with Gasteiger partial charge < -0.3 is 15.2 Å². The molecular weight excluding hydrogens is 270 g/mol. The molecule has 1 unspecified atom stereocenters. The summed E-state index contributed by atoms with van der Waals surface area (Å²) in [6.45, 7) is 7.53. The molecule has 0 radical (unpaired) electrons. The molecule has 0 bridgehead atoms. The van der Waals surface area contributed by atoms with E-state index in [4.69, 9.17) is 9.84 Å². The van der Waals surface area contributed by atoms with Gasteiger partial charge in [0.15, 0.2) is 0 Å². The second-order valence-corrected chi connectivity index (χ2v) is 6.50. The molecule has 5 heteroatoms. The summed E-state index contributed by atoms with van der Waals surface area (Å²) in [6.07, 6.45) is 6.92. The molecule has 0 aliphatic rings. The van der Waals surface area contributed by atoms with E-state index in [1.165, 1.54) is 25.7 Å². The minimum Gasteiger partial charge on any atom is -0.481 e. The Bertz CT molecular complexity index is 310. The number of unbranched alkanes of at least 4 members (excludes halogenated alkanes) is 5. The number of hydrogen-bond donors (Lipinski definition) is 2. The molecule has 0 aliphatic carbocycles. The zero-order valence-electron chi connectivity index (χ0n) is 13.9. The van der Waals surface area contributed by atoms with Crippen LogP contribution in [0.5, 0.6) is 0 Å². The van der Waals surface area contributed by atoms with Crippen molar-refractivity contribution in [1.82, 2.24) is 5.32 Å². The van der Waals surface area contributed by atoms with E-state index < -0.39 is 17.7 Å². The first kappa shape index (κ1) is 19.7. The number of aliphatic carboxylic acids is 1. The van der Waals surface area contributed by atoms with Crippen LogP contribution < -0.4 is 5.32 Å². The van der Waals surface area contributed by atoms with Gasteiger partial charge in [0.2, 0.25) is 0 Å². The van der Waals surface area contributed by atoms with Gasteiger partial charge in [-0.2, -0.15) is 0 Å². The van der Waals surface area contributed by atoms with Crippen LogP contribution in [-0.4, -0.2) is 28.8 Å². The van der Waals surface area contributed by atoms with Gasteiger partial charge in [0.05, 0.1) is 6.42 Å². The van der Waals surface area contributed by atoms with Gasteiger partial charge in [-0.25, -0.2) is 4.79 Å². The zero-order valence-corrected chi connectivity index (χ0v) is 13.9. The summed E-state index contributed by atoms with van der Waals surface area (Å²) < 4.78 is 5.17. The maximum absolute atomic E-state index is 11.7. The number of carbonyl (C=O) groups is 2. The third kappa shape index (κ3) is 13.5. The predicted molar refractivity (Wildman–Crippen MR) is 83.4 cm³/mol. The van der Waals surface area contributed by atoms with Crippen molar-refractivity contribution in [2.45, 2.75) is 90.7 Å². The van der Waals surface area contributed by atoms with Crippen LogP contribution in [0.1, 0.15) is 79.1 Å². The lowest BCUT2D eigenvalue weighted by Gasteiger charge is -2.23. The van der Waals surface area contributed by atoms with Crippen LogP contribution in [0.3, 0.4) is 0 Å². The predicted octanol–water partition coefficient (Wildman–Crippen LogP) is 4.11. The zero-order chi connectivity index (χ0) is 16.3. The van der Waals surface area contributed by atoms with Gasteiger partial charge in [-0.3, -0.25) is 4.79 Å². The number of carboxylic acid groups (broad SMARTS) is 1. The van der Waals surface area contributed by atoms with Crippen LogP contribution >= 0.6 is 0 Å². The average molecular weight is 301 g/mol. The van der Waals surface area contributed by atoms with E-state index in [9.17, 15) is 9.59 Å². The summed E-state index contributed by atoms with van der Waals surface area (Å²) in [5.74, 6) is -0.901. The summed E-state index contributed by atoms with van der Waals surface area (Å²) in [7, 11) is 0. The molecule has 0 rings (SSSR count). The first-order valence-corrected chi connectivity index (χ1v) is 7.96. The summed E-state index contributed by atoms with van der Waals surface area (Å²) in [5, 5.41) is 11.6. The highest BCUT2D eigenvalue weighted by molar-refractivity contribution is 5.71. The fourth-order valence-electron chi connectivity index (χ4n) is 2.08. The average Bonchev–Trinajstić information content (AvgIpc) is 2.30. The first-order valence-electron chi connectivity index (χ1n) is 7.96. The lowest BCUT2D eigenvalue weighted by atomic mass is 10.0. The molecule has 21 heavy (non-hydrogen) atoms. The molecule has 0 aromatic rings. The fourth-order valence-corrected chi connectivity index (χ4v) is 2.08. The molecule has 0 saturated carbocycles. The van der Waals surface area contributed by atoms with Crippen LogP contribution in [-0.2, 0) is 9.53 Å². The smallest absolute Gasteiger partial charge is 0.407 e. The van der Waals surface area contributed by atoms with Crippen molar-refractivity contribution in [3.05, 3.63) is 0 Å². The SMILES string of the molecule is CCCCCCCCC(CC(=O)O)NC(=O)OC(C)(C)C. The Morgan fingerprint density at radius 3 is 2.19 bits per heavy atom. The Labute approximate surface area is 128 Å². The quantitative estimate of drug-likeness (QED) is 0.595. The van der Waals surface area contributed by atoms with E-state index in [-0.39, 0.29) is 12.5 Å². The van der Waals surface area contributed by atoms with Crippen LogP contribution in [0.15, 0.2) is 0 Å². The van der Waals surface area contributed by atoms with Gasteiger partial charge in [-0.15, -0.1) is 0 Å². The van der Waals surface area contributed by atoms with Crippen molar-refractivity contribution >= 4 is 12.1 Å². The number of alkyl carbamates (subject to hydrolysis) is 1. The molecule has 5 nitrogen and oxygen atoms in total. The number of carboxylic acids is 1. The Morgan fingerprint density at radius 1 is 1.10 bits per heavy atom. The van der Waals surface area contributed by atoms with Crippen LogP contribution in [0.25, 0.3) is 0 Å². The molecule has 0 aliphatic heterocycles. The molecule has 0 fully saturated rings. The Kier molecular flexibility index (Phi) is 9.84. The maximum Gasteiger partial charge on any atom is 0.407 e. The summed E-state index contributed by atoms with van der Waals surface area (Å²) in [6, 6.07) is -0.358. The van der Waals surface area contributed by atoms with Gasteiger partial charge in [-0.1, -0.05) is 45.4 Å². The van der Waals surface area contributed by atoms with Gasteiger partial charge in [0.1, 0.15) is 5.60 Å². The molecular formula is C16H31NO4. The fraction of sp³-hybridized carbons (Fsp3) is 0.875. The molecule has 0 heterocycles. The Hall–Kier alpha value is -1.26. The van der Waals surface area contributed by atoms with Gasteiger partial charge in [0.25, 0.3) is 0 Å². The van der Waals surface area contributed by atoms with E-state index >= 15 is 0 Å². The highest BCUT2D eigenvalue weighted by Gasteiger charge is 2.20. The number of hydrogen-bond acceptors (Lipinski definition) is 3. The normalized spacial score (nSPS) is 12.8. The van der Waals surface area contributed by atoms with Gasteiger partial charge in [-0.05, 0) is 27.2 Å². The third-order valence-electron chi connectivity index (χ3n) is 3.05. The summed E-state index contributed by atoms with van der Waals surface area (Å²) >= 11 is 0. The molecule has 1 atom stereocenters.